The first-order chi connectivity index (χ1) is 4.83. The number of hydrogen-bond acceptors (Lipinski definition) is 3. The third-order valence-corrected chi connectivity index (χ3v) is 2.23. The lowest BCUT2D eigenvalue weighted by Crippen LogP contribution is -2.13. The second-order valence-corrected chi connectivity index (χ2v) is 3.18. The second-order valence-electron chi connectivity index (χ2n) is 2.05. The molecule has 1 aliphatic rings. The average molecular weight is 158 g/mol. The summed E-state index contributed by atoms with van der Waals surface area (Å²) in [6.07, 6.45) is 2.73. The Bertz CT molecular complexity index is 158. The Morgan fingerprint density at radius 1 is 1.90 bits per heavy atom. The monoisotopic (exact) mass is 158 g/mol. The maximum absolute atomic E-state index is 10.6. The SMILES string of the molecule is CCCSN1C=NC(=O)C1. The third kappa shape index (κ3) is 2.02. The highest BCUT2D eigenvalue weighted by Gasteiger charge is 2.12. The van der Waals surface area contributed by atoms with Gasteiger partial charge in [-0.3, -0.25) is 9.10 Å². The summed E-state index contributed by atoms with van der Waals surface area (Å²) in [6, 6.07) is 0. The number of carbonyl (C=O) groups is 1. The molecule has 0 bridgehead atoms. The van der Waals surface area contributed by atoms with E-state index in [1.807, 2.05) is 4.31 Å². The Morgan fingerprint density at radius 2 is 2.70 bits per heavy atom. The summed E-state index contributed by atoms with van der Waals surface area (Å²) >= 11 is 1.65. The summed E-state index contributed by atoms with van der Waals surface area (Å²) in [7, 11) is 0. The van der Waals surface area contributed by atoms with Crippen LogP contribution in [0.1, 0.15) is 13.3 Å². The van der Waals surface area contributed by atoms with Gasteiger partial charge in [0.15, 0.2) is 0 Å². The van der Waals surface area contributed by atoms with Crippen LogP contribution in [0.3, 0.4) is 0 Å². The van der Waals surface area contributed by atoms with Gasteiger partial charge in [0.2, 0.25) is 0 Å². The van der Waals surface area contributed by atoms with Crippen LogP contribution in [0.2, 0.25) is 0 Å². The van der Waals surface area contributed by atoms with Gasteiger partial charge in [-0.1, -0.05) is 6.92 Å². The predicted molar refractivity (Wildman–Crippen MR) is 43.0 cm³/mol. The van der Waals surface area contributed by atoms with Crippen LogP contribution in [0.25, 0.3) is 0 Å². The number of rotatable bonds is 3. The number of carbonyl (C=O) groups excluding carboxylic acids is 1. The van der Waals surface area contributed by atoms with Crippen LogP contribution < -0.4 is 0 Å². The fourth-order valence-corrected chi connectivity index (χ4v) is 1.36. The Morgan fingerprint density at radius 3 is 3.20 bits per heavy atom. The third-order valence-electron chi connectivity index (χ3n) is 1.08. The maximum atomic E-state index is 10.6. The van der Waals surface area contributed by atoms with Crippen molar-refractivity contribution in [1.82, 2.24) is 4.31 Å². The van der Waals surface area contributed by atoms with Crippen molar-refractivity contribution < 1.29 is 4.79 Å². The van der Waals surface area contributed by atoms with Gasteiger partial charge in [0.1, 0.15) is 12.9 Å². The number of hydrogen-bond donors (Lipinski definition) is 0. The normalized spacial score (nSPS) is 16.9. The van der Waals surface area contributed by atoms with Crippen molar-refractivity contribution >= 4 is 24.2 Å². The van der Waals surface area contributed by atoms with E-state index in [1.165, 1.54) is 0 Å². The molecule has 0 saturated heterocycles. The molecular formula is C6H10N2OS. The molecule has 1 heterocycles. The molecule has 0 fully saturated rings. The lowest BCUT2D eigenvalue weighted by Gasteiger charge is -2.08. The molecule has 0 radical (unpaired) electrons. The fraction of sp³-hybridized carbons (Fsp3) is 0.667. The van der Waals surface area contributed by atoms with Crippen LogP contribution in [0, 0.1) is 0 Å². The molecule has 0 aromatic rings. The summed E-state index contributed by atoms with van der Waals surface area (Å²) in [5.41, 5.74) is 0. The molecule has 0 unspecified atom stereocenters. The van der Waals surface area contributed by atoms with Crippen molar-refractivity contribution in [3.8, 4) is 0 Å². The van der Waals surface area contributed by atoms with E-state index in [1.54, 1.807) is 18.3 Å². The van der Waals surface area contributed by atoms with Crippen LogP contribution >= 0.6 is 11.9 Å². The fourth-order valence-electron chi connectivity index (χ4n) is 0.631. The van der Waals surface area contributed by atoms with E-state index in [9.17, 15) is 4.79 Å². The average Bonchev–Trinajstić information content (AvgIpc) is 2.31. The Hall–Kier alpha value is -0.510. The molecule has 10 heavy (non-hydrogen) atoms. The molecule has 3 nitrogen and oxygen atoms in total. The molecule has 0 aromatic heterocycles. The first-order valence-corrected chi connectivity index (χ1v) is 4.23. The topological polar surface area (TPSA) is 32.7 Å². The summed E-state index contributed by atoms with van der Waals surface area (Å²) in [5, 5.41) is 0. The van der Waals surface area contributed by atoms with Crippen molar-refractivity contribution in [2.24, 2.45) is 4.99 Å². The molecule has 0 aliphatic carbocycles. The van der Waals surface area contributed by atoms with Gasteiger partial charge in [-0.05, 0) is 18.4 Å². The minimum atomic E-state index is -0.0383. The molecule has 1 rings (SSSR count). The van der Waals surface area contributed by atoms with Gasteiger partial charge in [0.05, 0.1) is 0 Å². The summed E-state index contributed by atoms with van der Waals surface area (Å²) in [4.78, 5) is 14.2. The minimum absolute atomic E-state index is 0.0383. The first kappa shape index (κ1) is 7.60. The number of nitrogens with zero attached hydrogens (tertiary/aromatic N) is 2. The quantitative estimate of drug-likeness (QED) is 0.572. The predicted octanol–water partition coefficient (Wildman–Crippen LogP) is 0.915. The van der Waals surface area contributed by atoms with Crippen LogP contribution in [0.5, 0.6) is 0 Å². The molecule has 0 aromatic carbocycles. The van der Waals surface area contributed by atoms with Crippen molar-refractivity contribution in [2.45, 2.75) is 13.3 Å². The van der Waals surface area contributed by atoms with Gasteiger partial charge in [-0.2, -0.15) is 0 Å². The minimum Gasteiger partial charge on any atom is -0.297 e. The zero-order chi connectivity index (χ0) is 7.40. The first-order valence-electron chi connectivity index (χ1n) is 3.29. The highest BCUT2D eigenvalue weighted by atomic mass is 32.2. The number of aliphatic imine (C=N–C) groups is 1. The lowest BCUT2D eigenvalue weighted by atomic mass is 10.6. The summed E-state index contributed by atoms with van der Waals surface area (Å²) in [6.45, 7) is 2.56. The molecule has 4 heteroatoms. The molecule has 0 saturated carbocycles. The van der Waals surface area contributed by atoms with Crippen molar-refractivity contribution in [3.05, 3.63) is 0 Å². The van der Waals surface area contributed by atoms with Crippen LogP contribution in [0.4, 0.5) is 0 Å². The molecule has 1 amide bonds. The lowest BCUT2D eigenvalue weighted by molar-refractivity contribution is -0.116. The van der Waals surface area contributed by atoms with Gasteiger partial charge in [-0.15, -0.1) is 0 Å². The molecule has 0 spiro atoms. The standard InChI is InChI=1S/C6H10N2OS/c1-2-3-10-8-4-6(9)7-5-8/h5H,2-4H2,1H3. The van der Waals surface area contributed by atoms with E-state index >= 15 is 0 Å². The van der Waals surface area contributed by atoms with Crippen LogP contribution in [0.15, 0.2) is 4.99 Å². The Kier molecular flexibility index (Phi) is 2.74. The molecule has 56 valence electrons. The molecular weight excluding hydrogens is 148 g/mol. The van der Waals surface area contributed by atoms with Crippen molar-refractivity contribution in [2.75, 3.05) is 12.3 Å². The van der Waals surface area contributed by atoms with E-state index in [4.69, 9.17) is 0 Å². The zero-order valence-electron chi connectivity index (χ0n) is 5.91. The van der Waals surface area contributed by atoms with E-state index < -0.39 is 0 Å². The van der Waals surface area contributed by atoms with Gasteiger partial charge in [-0.25, -0.2) is 4.99 Å². The molecule has 1 aliphatic heterocycles. The zero-order valence-corrected chi connectivity index (χ0v) is 6.73. The van der Waals surface area contributed by atoms with Gasteiger partial charge in [0.25, 0.3) is 5.91 Å². The van der Waals surface area contributed by atoms with E-state index in [2.05, 4.69) is 11.9 Å². The van der Waals surface area contributed by atoms with Crippen LogP contribution in [-0.4, -0.2) is 28.8 Å². The summed E-state index contributed by atoms with van der Waals surface area (Å²) < 4.78 is 1.87. The Balaban J connectivity index is 2.20. The molecule has 0 N–H and O–H groups in total. The Labute approximate surface area is 64.6 Å². The van der Waals surface area contributed by atoms with Crippen LogP contribution in [-0.2, 0) is 4.79 Å². The molecule has 0 atom stereocenters. The van der Waals surface area contributed by atoms with E-state index in [0.29, 0.717) is 6.54 Å². The second kappa shape index (κ2) is 3.61. The van der Waals surface area contributed by atoms with E-state index in [0.717, 1.165) is 12.2 Å². The number of amides is 1. The van der Waals surface area contributed by atoms with Crippen molar-refractivity contribution in [1.29, 1.82) is 0 Å². The summed E-state index contributed by atoms with van der Waals surface area (Å²) in [5.74, 6) is 1.02. The van der Waals surface area contributed by atoms with Gasteiger partial charge in [0, 0.05) is 5.75 Å². The smallest absolute Gasteiger partial charge is 0.267 e. The van der Waals surface area contributed by atoms with Crippen molar-refractivity contribution in [3.63, 3.8) is 0 Å². The largest absolute Gasteiger partial charge is 0.297 e. The highest BCUT2D eigenvalue weighted by Crippen LogP contribution is 2.11. The van der Waals surface area contributed by atoms with Gasteiger partial charge >= 0.3 is 0 Å². The van der Waals surface area contributed by atoms with Gasteiger partial charge < -0.3 is 0 Å². The highest BCUT2D eigenvalue weighted by molar-refractivity contribution is 7.97. The maximum Gasteiger partial charge on any atom is 0.267 e. The van der Waals surface area contributed by atoms with E-state index in [-0.39, 0.29) is 5.91 Å².